The Morgan fingerprint density at radius 1 is 1.30 bits per heavy atom. The maximum Gasteiger partial charge on any atom is 0.321 e. The molecular weight excluding hydrogens is 256 g/mol. The van der Waals surface area contributed by atoms with Crippen molar-refractivity contribution in [3.05, 3.63) is 11.7 Å². The van der Waals surface area contributed by atoms with Crippen LogP contribution in [-0.4, -0.2) is 22.7 Å². The monoisotopic (exact) mass is 278 g/mol. The Morgan fingerprint density at radius 2 is 2.05 bits per heavy atom. The molecule has 0 saturated heterocycles. The number of carbonyl (C=O) groups excluding carboxylic acids is 1. The summed E-state index contributed by atoms with van der Waals surface area (Å²) >= 11 is 0. The summed E-state index contributed by atoms with van der Waals surface area (Å²) in [6.07, 6.45) is 8.20. The van der Waals surface area contributed by atoms with Crippen molar-refractivity contribution >= 4 is 5.97 Å². The third-order valence-corrected chi connectivity index (χ3v) is 4.69. The van der Waals surface area contributed by atoms with Crippen molar-refractivity contribution < 1.29 is 14.1 Å². The van der Waals surface area contributed by atoms with Gasteiger partial charge in [-0.1, -0.05) is 30.8 Å². The van der Waals surface area contributed by atoms with E-state index in [0.29, 0.717) is 18.4 Å². The third-order valence-electron chi connectivity index (χ3n) is 4.69. The second-order valence-electron chi connectivity index (χ2n) is 5.95. The van der Waals surface area contributed by atoms with E-state index >= 15 is 0 Å². The van der Waals surface area contributed by atoms with E-state index in [1.807, 2.05) is 6.92 Å². The van der Waals surface area contributed by atoms with Crippen molar-refractivity contribution in [3.8, 4) is 0 Å². The van der Waals surface area contributed by atoms with Crippen LogP contribution in [0.2, 0.25) is 0 Å². The van der Waals surface area contributed by atoms with Gasteiger partial charge in [0.2, 0.25) is 5.89 Å². The molecule has 5 heteroatoms. The number of aromatic nitrogens is 2. The first-order chi connectivity index (χ1) is 9.76. The molecule has 110 valence electrons. The first-order valence-corrected chi connectivity index (χ1v) is 7.77. The second kappa shape index (κ2) is 5.54. The van der Waals surface area contributed by atoms with E-state index in [0.717, 1.165) is 50.8 Å². The number of carbonyl (C=O) groups is 1. The predicted molar refractivity (Wildman–Crippen MR) is 72.3 cm³/mol. The van der Waals surface area contributed by atoms with Gasteiger partial charge >= 0.3 is 5.97 Å². The second-order valence-corrected chi connectivity index (χ2v) is 5.95. The van der Waals surface area contributed by atoms with Crippen molar-refractivity contribution in [1.29, 1.82) is 0 Å². The van der Waals surface area contributed by atoms with Gasteiger partial charge in [0.1, 0.15) is 5.41 Å². The number of ether oxygens (including phenoxy) is 1. The van der Waals surface area contributed by atoms with E-state index in [1.165, 1.54) is 6.42 Å². The number of esters is 1. The van der Waals surface area contributed by atoms with E-state index in [1.54, 1.807) is 0 Å². The molecule has 0 atom stereocenters. The van der Waals surface area contributed by atoms with Crippen LogP contribution in [0.25, 0.3) is 0 Å². The van der Waals surface area contributed by atoms with Crippen molar-refractivity contribution in [2.24, 2.45) is 0 Å². The van der Waals surface area contributed by atoms with Gasteiger partial charge in [-0.3, -0.25) is 4.79 Å². The smallest absolute Gasteiger partial charge is 0.321 e. The van der Waals surface area contributed by atoms with Crippen molar-refractivity contribution in [2.75, 3.05) is 6.61 Å². The van der Waals surface area contributed by atoms with Gasteiger partial charge in [0.15, 0.2) is 5.82 Å². The highest BCUT2D eigenvalue weighted by Gasteiger charge is 2.47. The molecule has 0 aromatic carbocycles. The first kappa shape index (κ1) is 13.6. The molecule has 0 aliphatic heterocycles. The Labute approximate surface area is 119 Å². The van der Waals surface area contributed by atoms with Crippen LogP contribution >= 0.6 is 0 Å². The fraction of sp³-hybridized carbons (Fsp3) is 0.800. The lowest BCUT2D eigenvalue weighted by atomic mass is 9.74. The zero-order valence-corrected chi connectivity index (χ0v) is 12.1. The molecule has 20 heavy (non-hydrogen) atoms. The highest BCUT2D eigenvalue weighted by molar-refractivity contribution is 5.82. The van der Waals surface area contributed by atoms with Gasteiger partial charge in [-0.25, -0.2) is 0 Å². The summed E-state index contributed by atoms with van der Waals surface area (Å²) in [6, 6.07) is 0. The van der Waals surface area contributed by atoms with Crippen LogP contribution in [0.4, 0.5) is 0 Å². The topological polar surface area (TPSA) is 65.2 Å². The van der Waals surface area contributed by atoms with Crippen LogP contribution in [0.1, 0.15) is 75.9 Å². The molecule has 2 saturated carbocycles. The molecule has 0 spiro atoms. The number of nitrogens with zero attached hydrogens (tertiary/aromatic N) is 2. The standard InChI is InChI=1S/C15H22N2O3/c1-2-19-14(18)15(9-4-3-5-10-15)13-16-12(17-20-13)11-7-6-8-11/h11H,2-10H2,1H3. The zero-order valence-electron chi connectivity index (χ0n) is 12.1. The van der Waals surface area contributed by atoms with Crippen LogP contribution in [0.3, 0.4) is 0 Å². The Hall–Kier alpha value is -1.39. The molecule has 0 bridgehead atoms. The number of hydrogen-bond acceptors (Lipinski definition) is 5. The summed E-state index contributed by atoms with van der Waals surface area (Å²) in [5, 5.41) is 4.11. The highest BCUT2D eigenvalue weighted by Crippen LogP contribution is 2.41. The van der Waals surface area contributed by atoms with E-state index in [-0.39, 0.29) is 5.97 Å². The number of rotatable bonds is 4. The number of hydrogen-bond donors (Lipinski definition) is 0. The SMILES string of the molecule is CCOC(=O)C1(c2nc(C3CCC3)no2)CCCCC1. The van der Waals surface area contributed by atoms with Gasteiger partial charge in [0, 0.05) is 5.92 Å². The molecule has 0 N–H and O–H groups in total. The minimum atomic E-state index is -0.691. The fourth-order valence-corrected chi connectivity index (χ4v) is 3.19. The molecule has 1 aromatic heterocycles. The molecule has 5 nitrogen and oxygen atoms in total. The van der Waals surface area contributed by atoms with Gasteiger partial charge < -0.3 is 9.26 Å². The largest absolute Gasteiger partial charge is 0.465 e. The average molecular weight is 278 g/mol. The molecule has 1 heterocycles. The minimum Gasteiger partial charge on any atom is -0.465 e. The molecule has 1 aromatic rings. The Kier molecular flexibility index (Phi) is 3.76. The summed E-state index contributed by atoms with van der Waals surface area (Å²) in [7, 11) is 0. The van der Waals surface area contributed by atoms with E-state index in [4.69, 9.17) is 9.26 Å². The first-order valence-electron chi connectivity index (χ1n) is 7.77. The normalized spacial score (nSPS) is 22.2. The molecule has 0 unspecified atom stereocenters. The van der Waals surface area contributed by atoms with Crippen LogP contribution < -0.4 is 0 Å². The molecule has 3 rings (SSSR count). The van der Waals surface area contributed by atoms with E-state index in [9.17, 15) is 4.79 Å². The lowest BCUT2D eigenvalue weighted by Gasteiger charge is -2.31. The third kappa shape index (κ3) is 2.23. The molecule has 0 radical (unpaired) electrons. The summed E-state index contributed by atoms with van der Waals surface area (Å²) in [4.78, 5) is 17.0. The Balaban J connectivity index is 1.87. The summed E-state index contributed by atoms with van der Waals surface area (Å²) in [5.41, 5.74) is -0.691. The quantitative estimate of drug-likeness (QED) is 0.792. The predicted octanol–water partition coefficient (Wildman–Crippen LogP) is 3.10. The van der Waals surface area contributed by atoms with E-state index in [2.05, 4.69) is 10.1 Å². The van der Waals surface area contributed by atoms with Crippen molar-refractivity contribution in [1.82, 2.24) is 10.1 Å². The van der Waals surface area contributed by atoms with Crippen molar-refractivity contribution in [3.63, 3.8) is 0 Å². The van der Waals surface area contributed by atoms with Crippen LogP contribution in [-0.2, 0) is 14.9 Å². The van der Waals surface area contributed by atoms with Crippen molar-refractivity contribution in [2.45, 2.75) is 69.6 Å². The highest BCUT2D eigenvalue weighted by atomic mass is 16.5. The molecule has 2 aliphatic carbocycles. The minimum absolute atomic E-state index is 0.191. The Bertz CT molecular complexity index is 473. The van der Waals surface area contributed by atoms with Crippen LogP contribution in [0.5, 0.6) is 0 Å². The van der Waals surface area contributed by atoms with Gasteiger partial charge in [-0.05, 0) is 32.6 Å². The lowest BCUT2D eigenvalue weighted by molar-refractivity contribution is -0.152. The van der Waals surface area contributed by atoms with E-state index < -0.39 is 5.41 Å². The zero-order chi connectivity index (χ0) is 14.0. The maximum atomic E-state index is 12.4. The summed E-state index contributed by atoms with van der Waals surface area (Å²) in [6.45, 7) is 2.23. The van der Waals surface area contributed by atoms with Crippen LogP contribution in [0.15, 0.2) is 4.52 Å². The lowest BCUT2D eigenvalue weighted by Crippen LogP contribution is -2.40. The molecular formula is C15H22N2O3. The Morgan fingerprint density at radius 3 is 2.65 bits per heavy atom. The average Bonchev–Trinajstić information content (AvgIpc) is 2.87. The molecule has 0 amide bonds. The van der Waals surface area contributed by atoms with Gasteiger partial charge in [0.05, 0.1) is 6.61 Å². The summed E-state index contributed by atoms with van der Waals surface area (Å²) < 4.78 is 10.8. The van der Waals surface area contributed by atoms with Gasteiger partial charge in [-0.15, -0.1) is 0 Å². The molecule has 2 fully saturated rings. The molecule has 2 aliphatic rings. The fourth-order valence-electron chi connectivity index (χ4n) is 3.19. The van der Waals surface area contributed by atoms with Gasteiger partial charge in [0.25, 0.3) is 0 Å². The maximum absolute atomic E-state index is 12.4. The van der Waals surface area contributed by atoms with Crippen LogP contribution in [0, 0.1) is 0 Å². The summed E-state index contributed by atoms with van der Waals surface area (Å²) in [5.74, 6) is 1.50. The van der Waals surface area contributed by atoms with Gasteiger partial charge in [-0.2, -0.15) is 4.98 Å².